The molecule has 6 atom stereocenters. The Labute approximate surface area is 272 Å². The van der Waals surface area contributed by atoms with Crippen LogP contribution in [0.25, 0.3) is 0 Å². The van der Waals surface area contributed by atoms with Crippen LogP contribution in [0, 0.1) is 34.0 Å². The van der Waals surface area contributed by atoms with Crippen molar-refractivity contribution in [2.75, 3.05) is 26.2 Å². The SMILES string of the molecule is CC(C)(C)[C@H](NC(=O)N[C@H](CN1CCCNC1=O)C(C)(C)C)C(=O)N1C[C@H]2[C@@H](C1C(=O)NC(CC1CCC1)C(=O)C(N)=O)C2(C)C. The number of likely N-dealkylation sites (tertiary alicyclic amines) is 1. The van der Waals surface area contributed by atoms with E-state index >= 15 is 0 Å². The standard InChI is InChI=1S/C33H55N7O6/c1-31(2,3)21(17-39-14-10-13-35-30(39)46)37-29(45)38-25(32(4,5)6)28(44)40-16-19-22(33(19,7)8)23(40)27(43)36-20(24(41)26(34)42)15-18-11-9-12-18/h18-23,25H,9-17H2,1-8H3,(H2,34,42)(H,35,46)(H,36,43)(H2,37,38,45)/t19-,20?,21+,22-,23?,25+/m0/s1. The average molecular weight is 646 g/mol. The quantitative estimate of drug-likeness (QED) is 0.213. The van der Waals surface area contributed by atoms with Gasteiger partial charge in [0.1, 0.15) is 12.1 Å². The summed E-state index contributed by atoms with van der Waals surface area (Å²) in [7, 11) is 0. The highest BCUT2D eigenvalue weighted by atomic mass is 16.2. The molecule has 2 unspecified atom stereocenters. The molecule has 0 aromatic carbocycles. The molecule has 4 fully saturated rings. The minimum Gasteiger partial charge on any atom is -0.363 e. The number of rotatable bonds is 11. The molecule has 0 bridgehead atoms. The number of fused-ring (bicyclic) bond motifs is 1. The van der Waals surface area contributed by atoms with Gasteiger partial charge in [0.25, 0.3) is 5.91 Å². The molecule has 0 spiro atoms. The third kappa shape index (κ3) is 7.60. The van der Waals surface area contributed by atoms with E-state index in [0.717, 1.165) is 25.7 Å². The van der Waals surface area contributed by atoms with Crippen LogP contribution in [0.5, 0.6) is 0 Å². The third-order valence-corrected chi connectivity index (χ3v) is 10.7. The van der Waals surface area contributed by atoms with Crippen LogP contribution in [-0.2, 0) is 19.2 Å². The van der Waals surface area contributed by atoms with E-state index in [9.17, 15) is 28.8 Å². The Hall–Kier alpha value is -3.38. The predicted octanol–water partition coefficient (Wildman–Crippen LogP) is 1.74. The molecule has 7 amide bonds. The van der Waals surface area contributed by atoms with Crippen molar-refractivity contribution in [3.63, 3.8) is 0 Å². The molecule has 2 aliphatic heterocycles. The number of nitrogens with one attached hydrogen (secondary N) is 4. The van der Waals surface area contributed by atoms with E-state index in [1.54, 1.807) is 9.80 Å². The molecule has 2 heterocycles. The summed E-state index contributed by atoms with van der Waals surface area (Å²) in [6, 6.07) is -3.97. The zero-order valence-electron chi connectivity index (χ0n) is 28.8. The first-order valence-electron chi connectivity index (χ1n) is 16.8. The molecular weight excluding hydrogens is 590 g/mol. The fourth-order valence-corrected chi connectivity index (χ4v) is 7.29. The Morgan fingerprint density at radius 2 is 1.63 bits per heavy atom. The summed E-state index contributed by atoms with van der Waals surface area (Å²) < 4.78 is 0. The van der Waals surface area contributed by atoms with Gasteiger partial charge in [-0.1, -0.05) is 74.7 Å². The third-order valence-electron chi connectivity index (χ3n) is 10.7. The fraction of sp³-hybridized carbons (Fsp3) is 0.818. The van der Waals surface area contributed by atoms with Crippen molar-refractivity contribution in [3.05, 3.63) is 0 Å². The molecule has 6 N–H and O–H groups in total. The highest BCUT2D eigenvalue weighted by Gasteiger charge is 2.70. The Bertz CT molecular complexity index is 1230. The molecule has 13 nitrogen and oxygen atoms in total. The van der Waals surface area contributed by atoms with E-state index in [2.05, 4.69) is 35.1 Å². The molecule has 46 heavy (non-hydrogen) atoms. The lowest BCUT2D eigenvalue weighted by molar-refractivity contribution is -0.145. The van der Waals surface area contributed by atoms with E-state index < -0.39 is 53.2 Å². The Morgan fingerprint density at radius 3 is 2.15 bits per heavy atom. The Kier molecular flexibility index (Phi) is 10.0. The van der Waals surface area contributed by atoms with Crippen molar-refractivity contribution in [2.45, 2.75) is 112 Å². The highest BCUT2D eigenvalue weighted by Crippen LogP contribution is 2.65. The van der Waals surface area contributed by atoms with Crippen molar-refractivity contribution in [3.8, 4) is 0 Å². The second kappa shape index (κ2) is 13.0. The van der Waals surface area contributed by atoms with Gasteiger partial charge in [0.15, 0.2) is 0 Å². The zero-order valence-corrected chi connectivity index (χ0v) is 28.8. The van der Waals surface area contributed by atoms with Crippen LogP contribution in [0.4, 0.5) is 9.59 Å². The largest absolute Gasteiger partial charge is 0.363 e. The van der Waals surface area contributed by atoms with Gasteiger partial charge >= 0.3 is 12.1 Å². The lowest BCUT2D eigenvalue weighted by atomic mass is 9.80. The zero-order chi connectivity index (χ0) is 34.4. The number of piperidine rings is 1. The number of carbonyl (C=O) groups excluding carboxylic acids is 6. The van der Waals surface area contributed by atoms with E-state index in [1.807, 2.05) is 41.5 Å². The average Bonchev–Trinajstić information content (AvgIpc) is 3.24. The van der Waals surface area contributed by atoms with Gasteiger partial charge in [-0.15, -0.1) is 0 Å². The van der Waals surface area contributed by atoms with E-state index in [1.165, 1.54) is 0 Å². The molecule has 4 rings (SSSR count). The smallest absolute Gasteiger partial charge is 0.317 e. The van der Waals surface area contributed by atoms with Gasteiger partial charge in [-0.05, 0) is 46.8 Å². The van der Waals surface area contributed by atoms with Crippen LogP contribution in [0.3, 0.4) is 0 Å². The van der Waals surface area contributed by atoms with Crippen LogP contribution in [0.15, 0.2) is 0 Å². The summed E-state index contributed by atoms with van der Waals surface area (Å²) in [6.45, 7) is 17.5. The van der Waals surface area contributed by atoms with Gasteiger partial charge in [0, 0.05) is 26.2 Å². The number of hydrogen-bond acceptors (Lipinski definition) is 6. The first-order chi connectivity index (χ1) is 21.2. The second-order valence-electron chi connectivity index (χ2n) is 16.6. The number of nitrogens with two attached hydrogens (primary N) is 1. The van der Waals surface area contributed by atoms with E-state index in [-0.39, 0.29) is 40.5 Å². The Balaban J connectivity index is 1.51. The predicted molar refractivity (Wildman–Crippen MR) is 172 cm³/mol. The van der Waals surface area contributed by atoms with E-state index in [0.29, 0.717) is 32.6 Å². The minimum atomic E-state index is -1.09. The molecule has 0 radical (unpaired) electrons. The molecule has 13 heteroatoms. The summed E-state index contributed by atoms with van der Waals surface area (Å²) in [5.41, 5.74) is 4.05. The normalized spacial score (nSPS) is 26.1. The maximum Gasteiger partial charge on any atom is 0.317 e. The molecule has 258 valence electrons. The molecule has 0 aromatic rings. The van der Waals surface area contributed by atoms with Gasteiger partial charge < -0.3 is 36.8 Å². The van der Waals surface area contributed by atoms with Gasteiger partial charge in [-0.25, -0.2) is 9.59 Å². The highest BCUT2D eigenvalue weighted by molar-refractivity contribution is 6.37. The van der Waals surface area contributed by atoms with Crippen LogP contribution in [0.1, 0.15) is 87.5 Å². The van der Waals surface area contributed by atoms with Crippen LogP contribution >= 0.6 is 0 Å². The monoisotopic (exact) mass is 645 g/mol. The number of amides is 7. The van der Waals surface area contributed by atoms with E-state index in [4.69, 9.17) is 5.73 Å². The lowest BCUT2D eigenvalue weighted by Gasteiger charge is -2.40. The van der Waals surface area contributed by atoms with Gasteiger partial charge in [0.2, 0.25) is 17.6 Å². The maximum absolute atomic E-state index is 14.3. The first kappa shape index (κ1) is 35.5. The van der Waals surface area contributed by atoms with Crippen molar-refractivity contribution in [1.82, 2.24) is 31.1 Å². The van der Waals surface area contributed by atoms with Crippen molar-refractivity contribution in [1.29, 1.82) is 0 Å². The minimum absolute atomic E-state index is 0.0829. The van der Waals surface area contributed by atoms with Gasteiger partial charge in [0.05, 0.1) is 12.1 Å². The van der Waals surface area contributed by atoms with Crippen LogP contribution in [-0.4, -0.2) is 95.7 Å². The number of primary amides is 1. The molecular formula is C33H55N7O6. The molecule has 0 aromatic heterocycles. The van der Waals surface area contributed by atoms with Crippen LogP contribution in [0.2, 0.25) is 0 Å². The summed E-state index contributed by atoms with van der Waals surface area (Å²) in [5.74, 6) is -2.59. The van der Waals surface area contributed by atoms with Gasteiger partial charge in [-0.2, -0.15) is 0 Å². The topological polar surface area (TPSA) is 183 Å². The van der Waals surface area contributed by atoms with Crippen molar-refractivity contribution < 1.29 is 28.8 Å². The number of carbonyl (C=O) groups is 6. The summed E-state index contributed by atoms with van der Waals surface area (Å²) in [6.07, 6.45) is 4.04. The number of ketones is 1. The number of hydrogen-bond donors (Lipinski definition) is 5. The summed E-state index contributed by atoms with van der Waals surface area (Å²) >= 11 is 0. The van der Waals surface area contributed by atoms with Crippen LogP contribution < -0.4 is 27.0 Å². The maximum atomic E-state index is 14.3. The lowest BCUT2D eigenvalue weighted by Crippen LogP contribution is -2.63. The van der Waals surface area contributed by atoms with Crippen molar-refractivity contribution in [2.24, 2.45) is 39.7 Å². The fourth-order valence-electron chi connectivity index (χ4n) is 7.29. The second-order valence-corrected chi connectivity index (χ2v) is 16.6. The van der Waals surface area contributed by atoms with Crippen molar-refractivity contribution >= 4 is 35.6 Å². The van der Waals surface area contributed by atoms with Gasteiger partial charge in [-0.3, -0.25) is 19.2 Å². The molecule has 2 saturated carbocycles. The first-order valence-corrected chi connectivity index (χ1v) is 16.8. The number of Topliss-reactive ketones (excluding diaryl/α,β-unsaturated/α-hetero) is 1. The number of urea groups is 2. The summed E-state index contributed by atoms with van der Waals surface area (Å²) in [5, 5.41) is 11.6. The summed E-state index contributed by atoms with van der Waals surface area (Å²) in [4.78, 5) is 82.0. The number of nitrogens with zero attached hydrogens (tertiary/aromatic N) is 2. The molecule has 2 saturated heterocycles. The molecule has 2 aliphatic carbocycles. The molecule has 4 aliphatic rings. The Morgan fingerprint density at radius 1 is 0.978 bits per heavy atom.